The summed E-state index contributed by atoms with van der Waals surface area (Å²) in [7, 11) is 0. The van der Waals surface area contributed by atoms with Gasteiger partial charge in [0.15, 0.2) is 0 Å². The second-order valence-electron chi connectivity index (χ2n) is 5.44. The number of amides is 1. The molecule has 26 heavy (non-hydrogen) atoms. The molecule has 2 aromatic carbocycles. The highest BCUT2D eigenvalue weighted by atomic mass is 16.6. The van der Waals surface area contributed by atoms with Crippen molar-refractivity contribution < 1.29 is 9.72 Å². The molecule has 0 spiro atoms. The molecule has 0 aliphatic carbocycles. The maximum atomic E-state index is 12.2. The van der Waals surface area contributed by atoms with E-state index in [-0.39, 0.29) is 17.9 Å². The van der Waals surface area contributed by atoms with Gasteiger partial charge in [0.05, 0.1) is 10.6 Å². The molecule has 8 nitrogen and oxygen atoms in total. The molecule has 0 saturated carbocycles. The Morgan fingerprint density at radius 2 is 1.85 bits per heavy atom. The topological polar surface area (TPSA) is 107 Å². The Labute approximate surface area is 147 Å². The molecule has 0 aliphatic rings. The van der Waals surface area contributed by atoms with Crippen LogP contribution < -0.4 is 10.9 Å². The van der Waals surface area contributed by atoms with E-state index in [1.807, 2.05) is 30.3 Å². The highest BCUT2D eigenvalue weighted by Gasteiger charge is 2.11. The van der Waals surface area contributed by atoms with Crippen molar-refractivity contribution >= 4 is 17.3 Å². The molecule has 0 fully saturated rings. The minimum Gasteiger partial charge on any atom is -0.324 e. The molecule has 0 saturated heterocycles. The Bertz CT molecular complexity index is 1010. The fraction of sp³-hybridized carbons (Fsp3) is 0.0556. The minimum atomic E-state index is -0.551. The van der Waals surface area contributed by atoms with Crippen molar-refractivity contribution in [3.05, 3.63) is 87.2 Å². The van der Waals surface area contributed by atoms with E-state index < -0.39 is 16.4 Å². The molecule has 0 radical (unpaired) electrons. The van der Waals surface area contributed by atoms with Crippen LogP contribution in [-0.2, 0) is 11.3 Å². The third-order valence-corrected chi connectivity index (χ3v) is 3.57. The minimum absolute atomic E-state index is 0.135. The Kier molecular flexibility index (Phi) is 4.84. The van der Waals surface area contributed by atoms with E-state index in [1.54, 1.807) is 6.07 Å². The van der Waals surface area contributed by atoms with Crippen molar-refractivity contribution in [1.82, 2.24) is 9.78 Å². The van der Waals surface area contributed by atoms with Crippen LogP contribution in [0.15, 0.2) is 71.5 Å². The predicted octanol–water partition coefficient (Wildman–Crippen LogP) is 2.46. The SMILES string of the molecule is O=C(Cn1nc(-c2ccccc2)ccc1=O)Nc1cccc([N+](=O)[O-])c1. The van der Waals surface area contributed by atoms with Crippen LogP contribution in [0.5, 0.6) is 0 Å². The summed E-state index contributed by atoms with van der Waals surface area (Å²) >= 11 is 0. The number of hydrogen-bond acceptors (Lipinski definition) is 5. The molecule has 3 rings (SSSR count). The van der Waals surface area contributed by atoms with Crippen LogP contribution in [0.25, 0.3) is 11.3 Å². The molecule has 8 heteroatoms. The average molecular weight is 350 g/mol. The molecule has 0 unspecified atom stereocenters. The number of carbonyl (C=O) groups excluding carboxylic acids is 1. The Morgan fingerprint density at radius 1 is 1.08 bits per heavy atom. The Balaban J connectivity index is 1.78. The van der Waals surface area contributed by atoms with Crippen LogP contribution in [0, 0.1) is 10.1 Å². The first-order valence-corrected chi connectivity index (χ1v) is 7.71. The first-order valence-electron chi connectivity index (χ1n) is 7.71. The number of rotatable bonds is 5. The molecule has 3 aromatic rings. The van der Waals surface area contributed by atoms with Crippen LogP contribution in [0.2, 0.25) is 0 Å². The number of nitro benzene ring substituents is 1. The number of non-ortho nitro benzene ring substituents is 1. The lowest BCUT2D eigenvalue weighted by Gasteiger charge is -2.08. The van der Waals surface area contributed by atoms with Gasteiger partial charge in [-0.1, -0.05) is 36.4 Å². The quantitative estimate of drug-likeness (QED) is 0.562. The zero-order chi connectivity index (χ0) is 18.5. The van der Waals surface area contributed by atoms with Gasteiger partial charge < -0.3 is 5.32 Å². The number of nitrogens with one attached hydrogen (secondary N) is 1. The molecule has 0 aliphatic heterocycles. The first kappa shape index (κ1) is 17.0. The maximum absolute atomic E-state index is 12.2. The highest BCUT2D eigenvalue weighted by molar-refractivity contribution is 5.90. The van der Waals surface area contributed by atoms with Gasteiger partial charge in [-0.25, -0.2) is 4.68 Å². The number of benzene rings is 2. The van der Waals surface area contributed by atoms with Gasteiger partial charge in [-0.05, 0) is 12.1 Å². The lowest BCUT2D eigenvalue weighted by Crippen LogP contribution is -2.29. The summed E-state index contributed by atoms with van der Waals surface area (Å²) in [5, 5.41) is 17.5. The van der Waals surface area contributed by atoms with E-state index in [4.69, 9.17) is 0 Å². The van der Waals surface area contributed by atoms with Crippen LogP contribution >= 0.6 is 0 Å². The van der Waals surface area contributed by atoms with Crippen LogP contribution in [0.4, 0.5) is 11.4 Å². The number of carbonyl (C=O) groups is 1. The third kappa shape index (κ3) is 3.99. The molecule has 0 atom stereocenters. The fourth-order valence-corrected chi connectivity index (χ4v) is 2.36. The van der Waals surface area contributed by atoms with Crippen LogP contribution in [0.3, 0.4) is 0 Å². The molecule has 130 valence electrons. The summed E-state index contributed by atoms with van der Waals surface area (Å²) in [4.78, 5) is 34.4. The average Bonchev–Trinajstić information content (AvgIpc) is 2.64. The van der Waals surface area contributed by atoms with Gasteiger partial charge in [0.1, 0.15) is 6.54 Å². The summed E-state index contributed by atoms with van der Waals surface area (Å²) in [6, 6.07) is 17.8. The summed E-state index contributed by atoms with van der Waals surface area (Å²) < 4.78 is 1.05. The Morgan fingerprint density at radius 3 is 2.58 bits per heavy atom. The fourth-order valence-electron chi connectivity index (χ4n) is 2.36. The lowest BCUT2D eigenvalue weighted by molar-refractivity contribution is -0.384. The third-order valence-electron chi connectivity index (χ3n) is 3.57. The van der Waals surface area contributed by atoms with Gasteiger partial charge in [-0.2, -0.15) is 5.10 Å². The molecule has 0 bridgehead atoms. The van der Waals surface area contributed by atoms with E-state index in [2.05, 4.69) is 10.4 Å². The summed E-state index contributed by atoms with van der Waals surface area (Å²) in [5.41, 5.74) is 1.10. The van der Waals surface area contributed by atoms with E-state index in [0.29, 0.717) is 5.69 Å². The molecule has 1 N–H and O–H groups in total. The largest absolute Gasteiger partial charge is 0.324 e. The molecular formula is C18H14N4O4. The van der Waals surface area contributed by atoms with Gasteiger partial charge in [0.25, 0.3) is 11.2 Å². The van der Waals surface area contributed by atoms with E-state index in [1.165, 1.54) is 30.3 Å². The van der Waals surface area contributed by atoms with Crippen molar-refractivity contribution in [1.29, 1.82) is 0 Å². The van der Waals surface area contributed by atoms with Crippen LogP contribution in [0.1, 0.15) is 0 Å². The van der Waals surface area contributed by atoms with Gasteiger partial charge in [-0.3, -0.25) is 19.7 Å². The molecular weight excluding hydrogens is 336 g/mol. The second-order valence-corrected chi connectivity index (χ2v) is 5.44. The van der Waals surface area contributed by atoms with E-state index in [0.717, 1.165) is 10.2 Å². The smallest absolute Gasteiger partial charge is 0.271 e. The van der Waals surface area contributed by atoms with Crippen LogP contribution in [-0.4, -0.2) is 20.6 Å². The maximum Gasteiger partial charge on any atom is 0.271 e. The van der Waals surface area contributed by atoms with Crippen molar-refractivity contribution in [2.24, 2.45) is 0 Å². The van der Waals surface area contributed by atoms with Gasteiger partial charge in [0, 0.05) is 29.4 Å². The monoisotopic (exact) mass is 350 g/mol. The van der Waals surface area contributed by atoms with Gasteiger partial charge in [0.2, 0.25) is 5.91 Å². The molecule has 1 aromatic heterocycles. The molecule has 1 heterocycles. The zero-order valence-electron chi connectivity index (χ0n) is 13.5. The van der Waals surface area contributed by atoms with E-state index in [9.17, 15) is 19.7 Å². The second kappa shape index (κ2) is 7.39. The number of nitro groups is 1. The number of nitrogens with zero attached hydrogens (tertiary/aromatic N) is 3. The van der Waals surface area contributed by atoms with Crippen molar-refractivity contribution in [3.8, 4) is 11.3 Å². The number of anilines is 1. The van der Waals surface area contributed by atoms with Crippen molar-refractivity contribution in [2.45, 2.75) is 6.54 Å². The standard InChI is InChI=1S/C18H14N4O4/c23-17(19-14-7-4-8-15(11-14)22(25)26)12-21-18(24)10-9-16(20-21)13-5-2-1-3-6-13/h1-11H,12H2,(H,19,23). The highest BCUT2D eigenvalue weighted by Crippen LogP contribution is 2.17. The predicted molar refractivity (Wildman–Crippen MR) is 95.7 cm³/mol. The van der Waals surface area contributed by atoms with Crippen molar-refractivity contribution in [2.75, 3.05) is 5.32 Å². The lowest BCUT2D eigenvalue weighted by atomic mass is 10.1. The van der Waals surface area contributed by atoms with Gasteiger partial charge >= 0.3 is 0 Å². The Hall–Kier alpha value is -3.81. The van der Waals surface area contributed by atoms with Crippen molar-refractivity contribution in [3.63, 3.8) is 0 Å². The normalized spacial score (nSPS) is 10.3. The van der Waals surface area contributed by atoms with Gasteiger partial charge in [-0.15, -0.1) is 0 Å². The summed E-state index contributed by atoms with van der Waals surface area (Å²) in [6.07, 6.45) is 0. The zero-order valence-corrected chi connectivity index (χ0v) is 13.5. The first-order chi connectivity index (χ1) is 12.5. The number of hydrogen-bond donors (Lipinski definition) is 1. The van der Waals surface area contributed by atoms with E-state index >= 15 is 0 Å². The summed E-state index contributed by atoms with van der Waals surface area (Å²) in [6.45, 7) is -0.303. The molecule has 1 amide bonds. The summed E-state index contributed by atoms with van der Waals surface area (Å²) in [5.74, 6) is -0.509. The number of aromatic nitrogens is 2.